The van der Waals surface area contributed by atoms with E-state index in [1.165, 1.54) is 16.2 Å². The lowest BCUT2D eigenvalue weighted by Crippen LogP contribution is -2.28. The van der Waals surface area contributed by atoms with E-state index < -0.39 is 0 Å². The SMILES string of the molecule is COc1ccc(-n2ccn(CC(=O)Nc3ccccc3OC)c2=O)cc1. The van der Waals surface area contributed by atoms with E-state index in [0.717, 1.165) is 0 Å². The molecule has 3 aromatic rings. The van der Waals surface area contributed by atoms with E-state index >= 15 is 0 Å². The molecule has 0 aliphatic rings. The minimum Gasteiger partial charge on any atom is -0.497 e. The molecule has 0 fully saturated rings. The standard InChI is InChI=1S/C19H19N3O4/c1-25-15-9-7-14(8-10-15)22-12-11-21(19(22)24)13-18(23)20-16-5-3-4-6-17(16)26-2/h3-12H,13H2,1-2H3,(H,20,23). The first kappa shape index (κ1) is 17.3. The number of nitrogens with one attached hydrogen (secondary N) is 1. The van der Waals surface area contributed by atoms with Gasteiger partial charge in [-0.25, -0.2) is 4.79 Å². The van der Waals surface area contributed by atoms with Gasteiger partial charge in [0.15, 0.2) is 0 Å². The van der Waals surface area contributed by atoms with E-state index in [4.69, 9.17) is 9.47 Å². The molecule has 0 radical (unpaired) electrons. The van der Waals surface area contributed by atoms with Crippen molar-refractivity contribution in [2.24, 2.45) is 0 Å². The van der Waals surface area contributed by atoms with Crippen molar-refractivity contribution in [1.82, 2.24) is 9.13 Å². The normalized spacial score (nSPS) is 10.4. The van der Waals surface area contributed by atoms with Crippen molar-refractivity contribution in [3.05, 3.63) is 71.4 Å². The van der Waals surface area contributed by atoms with E-state index in [9.17, 15) is 9.59 Å². The third-order valence-corrected chi connectivity index (χ3v) is 3.89. The fraction of sp³-hybridized carbons (Fsp3) is 0.158. The van der Waals surface area contributed by atoms with E-state index in [-0.39, 0.29) is 18.1 Å². The second-order valence-electron chi connectivity index (χ2n) is 5.53. The van der Waals surface area contributed by atoms with Crippen LogP contribution in [0.25, 0.3) is 5.69 Å². The van der Waals surface area contributed by atoms with Crippen molar-refractivity contribution in [3.63, 3.8) is 0 Å². The van der Waals surface area contributed by atoms with Gasteiger partial charge in [0.2, 0.25) is 5.91 Å². The molecule has 0 aliphatic carbocycles. The number of hydrogen-bond donors (Lipinski definition) is 1. The van der Waals surface area contributed by atoms with Crippen molar-refractivity contribution in [1.29, 1.82) is 0 Å². The zero-order valence-corrected chi connectivity index (χ0v) is 14.5. The van der Waals surface area contributed by atoms with Crippen molar-refractivity contribution in [2.75, 3.05) is 19.5 Å². The molecular weight excluding hydrogens is 334 g/mol. The lowest BCUT2D eigenvalue weighted by molar-refractivity contribution is -0.116. The average Bonchev–Trinajstić information content (AvgIpc) is 3.02. The van der Waals surface area contributed by atoms with Crippen molar-refractivity contribution < 1.29 is 14.3 Å². The van der Waals surface area contributed by atoms with Gasteiger partial charge >= 0.3 is 5.69 Å². The summed E-state index contributed by atoms with van der Waals surface area (Å²) >= 11 is 0. The van der Waals surface area contributed by atoms with Crippen molar-refractivity contribution in [2.45, 2.75) is 6.54 Å². The van der Waals surface area contributed by atoms with E-state index in [1.807, 2.05) is 6.07 Å². The van der Waals surface area contributed by atoms with Crippen LogP contribution in [0.1, 0.15) is 0 Å². The van der Waals surface area contributed by atoms with Crippen LogP contribution in [0.3, 0.4) is 0 Å². The predicted octanol–water partition coefficient (Wildman–Crippen LogP) is 2.29. The summed E-state index contributed by atoms with van der Waals surface area (Å²) in [5.74, 6) is 0.950. The number of carbonyl (C=O) groups is 1. The number of imidazole rings is 1. The molecule has 1 aromatic heterocycles. The number of rotatable bonds is 6. The van der Waals surface area contributed by atoms with Gasteiger partial charge < -0.3 is 14.8 Å². The van der Waals surface area contributed by atoms with Crippen molar-refractivity contribution in [3.8, 4) is 17.2 Å². The van der Waals surface area contributed by atoms with Gasteiger partial charge in [-0.1, -0.05) is 12.1 Å². The van der Waals surface area contributed by atoms with Gasteiger partial charge in [-0.3, -0.25) is 13.9 Å². The molecule has 0 bridgehead atoms. The van der Waals surface area contributed by atoms with E-state index in [2.05, 4.69) is 5.32 Å². The number of amides is 1. The highest BCUT2D eigenvalue weighted by atomic mass is 16.5. The highest BCUT2D eigenvalue weighted by Gasteiger charge is 2.11. The van der Waals surface area contributed by atoms with Crippen LogP contribution in [0, 0.1) is 0 Å². The number of hydrogen-bond acceptors (Lipinski definition) is 4. The number of benzene rings is 2. The van der Waals surface area contributed by atoms with Gasteiger partial charge in [0.05, 0.1) is 25.6 Å². The molecule has 2 aromatic carbocycles. The van der Waals surface area contributed by atoms with Gasteiger partial charge in [0.1, 0.15) is 18.0 Å². The Hall–Kier alpha value is -3.48. The zero-order valence-electron chi connectivity index (χ0n) is 14.5. The molecule has 3 rings (SSSR count). The molecule has 0 saturated carbocycles. The summed E-state index contributed by atoms with van der Waals surface area (Å²) in [6.07, 6.45) is 3.20. The Bertz CT molecular complexity index is 957. The molecule has 1 heterocycles. The molecule has 7 nitrogen and oxygen atoms in total. The van der Waals surface area contributed by atoms with Crippen LogP contribution in [0.5, 0.6) is 11.5 Å². The predicted molar refractivity (Wildman–Crippen MR) is 98.2 cm³/mol. The average molecular weight is 353 g/mol. The number of nitrogens with zero attached hydrogens (tertiary/aromatic N) is 2. The Kier molecular flexibility index (Phi) is 5.07. The minimum atomic E-state index is -0.316. The summed E-state index contributed by atoms with van der Waals surface area (Å²) in [6, 6.07) is 14.2. The van der Waals surface area contributed by atoms with E-state index in [0.29, 0.717) is 22.9 Å². The van der Waals surface area contributed by atoms with Crippen LogP contribution in [0.15, 0.2) is 65.7 Å². The second-order valence-corrected chi connectivity index (χ2v) is 5.53. The largest absolute Gasteiger partial charge is 0.497 e. The molecule has 0 atom stereocenters. The fourth-order valence-electron chi connectivity index (χ4n) is 2.57. The van der Waals surface area contributed by atoms with Gasteiger partial charge in [-0.2, -0.15) is 0 Å². The maximum atomic E-state index is 12.5. The lowest BCUT2D eigenvalue weighted by atomic mass is 10.3. The van der Waals surface area contributed by atoms with E-state index in [1.54, 1.807) is 62.0 Å². The van der Waals surface area contributed by atoms with Gasteiger partial charge in [-0.05, 0) is 36.4 Å². The van der Waals surface area contributed by atoms with Crippen LogP contribution in [0.2, 0.25) is 0 Å². The summed E-state index contributed by atoms with van der Waals surface area (Å²) in [7, 11) is 3.11. The van der Waals surface area contributed by atoms with Crippen molar-refractivity contribution >= 4 is 11.6 Å². The fourth-order valence-corrected chi connectivity index (χ4v) is 2.57. The number of carbonyl (C=O) groups excluding carboxylic acids is 1. The maximum Gasteiger partial charge on any atom is 0.333 e. The molecule has 0 unspecified atom stereocenters. The Morgan fingerprint density at radius 2 is 1.73 bits per heavy atom. The third-order valence-electron chi connectivity index (χ3n) is 3.89. The Balaban J connectivity index is 1.75. The lowest BCUT2D eigenvalue weighted by Gasteiger charge is -2.09. The quantitative estimate of drug-likeness (QED) is 0.738. The molecule has 26 heavy (non-hydrogen) atoms. The highest BCUT2D eigenvalue weighted by molar-refractivity contribution is 5.92. The molecule has 1 N–H and O–H groups in total. The minimum absolute atomic E-state index is 0.0972. The second kappa shape index (κ2) is 7.60. The summed E-state index contributed by atoms with van der Waals surface area (Å²) < 4.78 is 13.1. The number of aromatic nitrogens is 2. The van der Waals surface area contributed by atoms with Crippen LogP contribution < -0.4 is 20.5 Å². The van der Waals surface area contributed by atoms with Crippen LogP contribution in [0.4, 0.5) is 5.69 Å². The molecule has 7 heteroatoms. The molecule has 0 spiro atoms. The Labute approximate surface area is 150 Å². The smallest absolute Gasteiger partial charge is 0.333 e. The number of para-hydroxylation sites is 2. The Morgan fingerprint density at radius 3 is 2.42 bits per heavy atom. The number of ether oxygens (including phenoxy) is 2. The first-order valence-corrected chi connectivity index (χ1v) is 7.97. The van der Waals surface area contributed by atoms with Gasteiger partial charge in [0.25, 0.3) is 0 Å². The van der Waals surface area contributed by atoms with Crippen LogP contribution >= 0.6 is 0 Å². The van der Waals surface area contributed by atoms with Gasteiger partial charge in [-0.15, -0.1) is 0 Å². The highest BCUT2D eigenvalue weighted by Crippen LogP contribution is 2.22. The van der Waals surface area contributed by atoms with Crippen LogP contribution in [-0.4, -0.2) is 29.3 Å². The summed E-state index contributed by atoms with van der Waals surface area (Å²) in [6.45, 7) is -0.0972. The third kappa shape index (κ3) is 3.61. The zero-order chi connectivity index (χ0) is 18.5. The number of methoxy groups -OCH3 is 2. The molecule has 134 valence electrons. The molecule has 1 amide bonds. The molecular formula is C19H19N3O4. The van der Waals surface area contributed by atoms with Crippen LogP contribution in [-0.2, 0) is 11.3 Å². The maximum absolute atomic E-state index is 12.5. The molecule has 0 aliphatic heterocycles. The Morgan fingerprint density at radius 1 is 1.00 bits per heavy atom. The first-order chi connectivity index (χ1) is 12.6. The van der Waals surface area contributed by atoms with Gasteiger partial charge in [0, 0.05) is 12.4 Å². The summed E-state index contributed by atoms with van der Waals surface area (Å²) in [5.41, 5.74) is 0.952. The summed E-state index contributed by atoms with van der Waals surface area (Å²) in [5, 5.41) is 2.75. The molecule has 0 saturated heterocycles. The first-order valence-electron chi connectivity index (χ1n) is 7.97. The monoisotopic (exact) mass is 353 g/mol. The summed E-state index contributed by atoms with van der Waals surface area (Å²) in [4.78, 5) is 24.8. The topological polar surface area (TPSA) is 74.5 Å². The number of anilines is 1.